The van der Waals surface area contributed by atoms with Gasteiger partial charge in [-0.3, -0.25) is 0 Å². The molecule has 0 unspecified atom stereocenters. The van der Waals surface area contributed by atoms with Gasteiger partial charge >= 0.3 is 0 Å². The minimum absolute atomic E-state index is 0.132. The van der Waals surface area contributed by atoms with E-state index in [0.29, 0.717) is 17.5 Å². The number of nitrogens with zero attached hydrogens (tertiary/aromatic N) is 6. The molecule has 4 aromatic heterocycles. The molecule has 4 heterocycles. The molecule has 19 rings (SSSR count). The van der Waals surface area contributed by atoms with Crippen molar-refractivity contribution >= 4 is 65.4 Å². The van der Waals surface area contributed by atoms with Gasteiger partial charge < -0.3 is 13.7 Å². The lowest BCUT2D eigenvalue weighted by Crippen LogP contribution is -2.15. The molecule has 6 heteroatoms. The third-order valence-electron chi connectivity index (χ3n) is 20.5. The van der Waals surface area contributed by atoms with Crippen LogP contribution in [0.5, 0.6) is 0 Å². The second kappa shape index (κ2) is 19.9. The van der Waals surface area contributed by atoms with Crippen LogP contribution in [0, 0.1) is 0 Å². The Labute approximate surface area is 538 Å². The van der Waals surface area contributed by atoms with Crippen LogP contribution in [-0.4, -0.2) is 28.7 Å². The lowest BCUT2D eigenvalue weighted by atomic mass is 9.82. The highest BCUT2D eigenvalue weighted by atomic mass is 15.0. The Balaban J connectivity index is 0.795. The minimum Gasteiger partial charge on any atom is -0.309 e. The molecule has 0 spiro atoms. The van der Waals surface area contributed by atoms with Crippen LogP contribution in [0.15, 0.2) is 291 Å². The van der Waals surface area contributed by atoms with E-state index in [1.165, 1.54) is 88.1 Å². The fourth-order valence-corrected chi connectivity index (χ4v) is 15.9. The van der Waals surface area contributed by atoms with Crippen LogP contribution in [0.4, 0.5) is 0 Å². The second-order valence-corrected chi connectivity index (χ2v) is 26.4. The Morgan fingerprint density at radius 3 is 1.06 bits per heavy atom. The maximum absolute atomic E-state index is 5.18. The van der Waals surface area contributed by atoms with Crippen molar-refractivity contribution in [3.05, 3.63) is 313 Å². The predicted molar refractivity (Wildman–Crippen MR) is 385 cm³/mol. The van der Waals surface area contributed by atoms with Gasteiger partial charge in [0.25, 0.3) is 0 Å². The predicted octanol–water partition coefficient (Wildman–Crippen LogP) is 22.1. The first-order chi connectivity index (χ1) is 45.6. The fraction of sp³-hybridized carbons (Fsp3) is 0.0690. The zero-order valence-electron chi connectivity index (χ0n) is 51.9. The molecule has 6 nitrogen and oxygen atoms in total. The van der Waals surface area contributed by atoms with Gasteiger partial charge in [-0.05, 0) is 152 Å². The zero-order valence-corrected chi connectivity index (χ0v) is 51.9. The number of aromatic nitrogens is 6. The highest BCUT2D eigenvalue weighted by Gasteiger charge is 2.37. The summed E-state index contributed by atoms with van der Waals surface area (Å²) in [5.74, 6) is 1.87. The summed E-state index contributed by atoms with van der Waals surface area (Å²) < 4.78 is 7.38. The minimum atomic E-state index is -0.132. The van der Waals surface area contributed by atoms with Crippen LogP contribution >= 0.6 is 0 Å². The van der Waals surface area contributed by atoms with Gasteiger partial charge in [-0.25, -0.2) is 15.0 Å². The summed E-state index contributed by atoms with van der Waals surface area (Å²) in [5, 5.41) is 7.25. The molecule has 13 aromatic carbocycles. The van der Waals surface area contributed by atoms with E-state index in [9.17, 15) is 0 Å². The maximum atomic E-state index is 5.18. The van der Waals surface area contributed by atoms with Gasteiger partial charge in [0.2, 0.25) is 0 Å². The SMILES string of the molecule is CC1(C)c2ccccc2-c2ccc(-n3c4ccccc4c4ccc(-c5ccc6c(c5)c5cc(-c7ccc8c9ccccc9n(-c9ccc%10c(c9)C(C)(C)c9ccccc9-%10)c8c7)ccc5n6-c5cccc(-c6nc(-c7ccccc7)nc(-c7ccccc7)n6)c5)cc43)cc21. The van der Waals surface area contributed by atoms with E-state index in [-0.39, 0.29) is 10.8 Å². The van der Waals surface area contributed by atoms with Crippen LogP contribution in [0.2, 0.25) is 0 Å². The van der Waals surface area contributed by atoms with Crippen LogP contribution in [0.25, 0.3) is 161 Å². The van der Waals surface area contributed by atoms with Crippen LogP contribution in [-0.2, 0) is 10.8 Å². The maximum Gasteiger partial charge on any atom is 0.164 e. The number of para-hydroxylation sites is 2. The van der Waals surface area contributed by atoms with Gasteiger partial charge in [-0.2, -0.15) is 0 Å². The molecular weight excluding hydrogens is 1130 g/mol. The molecule has 0 saturated heterocycles. The molecular formula is C87H60N6. The molecule has 0 saturated carbocycles. The molecule has 438 valence electrons. The molecule has 2 aliphatic carbocycles. The molecule has 93 heavy (non-hydrogen) atoms. The second-order valence-electron chi connectivity index (χ2n) is 26.4. The largest absolute Gasteiger partial charge is 0.309 e. The quantitative estimate of drug-likeness (QED) is 0.152. The summed E-state index contributed by atoms with van der Waals surface area (Å²) in [6.07, 6.45) is 0. The van der Waals surface area contributed by atoms with E-state index in [1.807, 2.05) is 36.4 Å². The first kappa shape index (κ1) is 53.1. The normalized spacial score (nSPS) is 13.5. The van der Waals surface area contributed by atoms with Gasteiger partial charge in [-0.1, -0.05) is 234 Å². The Morgan fingerprint density at radius 1 is 0.215 bits per heavy atom. The smallest absolute Gasteiger partial charge is 0.164 e. The molecule has 0 atom stereocenters. The summed E-state index contributed by atoms with van der Waals surface area (Å²) in [6.45, 7) is 9.46. The monoisotopic (exact) mass is 1190 g/mol. The van der Waals surface area contributed by atoms with Crippen LogP contribution < -0.4 is 0 Å². The van der Waals surface area contributed by atoms with Gasteiger partial charge in [0, 0.05) is 76.9 Å². The first-order valence-electron chi connectivity index (χ1n) is 32.2. The summed E-state index contributed by atoms with van der Waals surface area (Å²) in [5.41, 5.74) is 28.1. The van der Waals surface area contributed by atoms with Gasteiger partial charge in [-0.15, -0.1) is 0 Å². The lowest BCUT2D eigenvalue weighted by Gasteiger charge is -2.22. The van der Waals surface area contributed by atoms with E-state index < -0.39 is 0 Å². The number of hydrogen-bond donors (Lipinski definition) is 0. The zero-order chi connectivity index (χ0) is 61.8. The number of rotatable bonds is 8. The van der Waals surface area contributed by atoms with E-state index in [0.717, 1.165) is 77.8 Å². The Morgan fingerprint density at radius 2 is 0.570 bits per heavy atom. The van der Waals surface area contributed by atoms with Crippen molar-refractivity contribution in [1.29, 1.82) is 0 Å². The number of fused-ring (bicyclic) bond motifs is 15. The number of hydrogen-bond acceptors (Lipinski definition) is 3. The first-order valence-corrected chi connectivity index (χ1v) is 32.2. The van der Waals surface area contributed by atoms with Gasteiger partial charge in [0.15, 0.2) is 17.5 Å². The highest BCUT2D eigenvalue weighted by molar-refractivity contribution is 6.15. The van der Waals surface area contributed by atoms with E-state index >= 15 is 0 Å². The van der Waals surface area contributed by atoms with Crippen molar-refractivity contribution in [3.8, 4) is 95.7 Å². The summed E-state index contributed by atoms with van der Waals surface area (Å²) >= 11 is 0. The average molecular weight is 1190 g/mol. The Kier molecular flexibility index (Phi) is 11.4. The van der Waals surface area contributed by atoms with Crippen molar-refractivity contribution in [3.63, 3.8) is 0 Å². The molecule has 2 aliphatic rings. The standard InChI is InChI=1S/C87H60N6/c1-86(2)73-30-15-11-26-63(73)65-42-38-61(51-75(65)86)92-77-32-17-13-28-67(77)69-40-34-57(49-81(69)92)55-36-44-79-71(47-55)72-48-56(37-45-80(72)91(79)60-25-19-24-59(46-60)85-89-83(53-20-7-5-8-21-53)88-84(90-85)54-22-9-6-10-23-54)58-35-41-70-68-29-14-18-33-78(68)93(82(70)50-58)62-39-43-66-64-27-12-16-31-74(64)87(3,4)76(66)52-62/h5-52H,1-4H3. The van der Waals surface area contributed by atoms with Crippen molar-refractivity contribution in [2.75, 3.05) is 0 Å². The van der Waals surface area contributed by atoms with E-state index in [1.54, 1.807) is 0 Å². The topological polar surface area (TPSA) is 53.5 Å². The van der Waals surface area contributed by atoms with E-state index in [2.05, 4.69) is 296 Å². The highest BCUT2D eigenvalue weighted by Crippen LogP contribution is 2.52. The van der Waals surface area contributed by atoms with Crippen molar-refractivity contribution in [2.45, 2.75) is 38.5 Å². The van der Waals surface area contributed by atoms with Gasteiger partial charge in [0.1, 0.15) is 0 Å². The van der Waals surface area contributed by atoms with Crippen molar-refractivity contribution < 1.29 is 0 Å². The van der Waals surface area contributed by atoms with Crippen molar-refractivity contribution in [2.24, 2.45) is 0 Å². The lowest BCUT2D eigenvalue weighted by molar-refractivity contribution is 0.660. The molecule has 0 fully saturated rings. The van der Waals surface area contributed by atoms with Crippen molar-refractivity contribution in [1.82, 2.24) is 28.7 Å². The molecule has 0 bridgehead atoms. The van der Waals surface area contributed by atoms with E-state index in [4.69, 9.17) is 15.0 Å². The molecule has 0 amide bonds. The molecule has 0 aliphatic heterocycles. The molecule has 0 N–H and O–H groups in total. The van der Waals surface area contributed by atoms with Crippen LogP contribution in [0.1, 0.15) is 49.9 Å². The third kappa shape index (κ3) is 7.98. The third-order valence-corrected chi connectivity index (χ3v) is 20.5. The molecule has 0 radical (unpaired) electrons. The summed E-state index contributed by atoms with van der Waals surface area (Å²) in [7, 11) is 0. The summed E-state index contributed by atoms with van der Waals surface area (Å²) in [6, 6.07) is 107. The number of benzene rings is 13. The van der Waals surface area contributed by atoms with Gasteiger partial charge in [0.05, 0.1) is 33.1 Å². The Hall–Kier alpha value is -11.7. The summed E-state index contributed by atoms with van der Waals surface area (Å²) in [4.78, 5) is 15.4. The van der Waals surface area contributed by atoms with Crippen LogP contribution in [0.3, 0.4) is 0 Å². The fourth-order valence-electron chi connectivity index (χ4n) is 15.9. The molecule has 17 aromatic rings. The Bertz CT molecular complexity index is 5660. The average Bonchev–Trinajstić information content (AvgIpc) is 1.59.